The minimum Gasteiger partial charge on any atom is -0.341 e. The van der Waals surface area contributed by atoms with Crippen molar-refractivity contribution in [1.29, 1.82) is 0 Å². The van der Waals surface area contributed by atoms with Crippen molar-refractivity contribution in [2.45, 2.75) is 25.4 Å². The Balaban J connectivity index is 1.55. The maximum Gasteiger partial charge on any atom is 0.244 e. The number of carbonyl (C=O) groups excluding carboxylic acids is 1. The molecule has 2 aromatic carbocycles. The van der Waals surface area contributed by atoms with Crippen LogP contribution in [0, 0.1) is 0 Å². The van der Waals surface area contributed by atoms with Gasteiger partial charge in [-0.05, 0) is 37.6 Å². The molecule has 5 heteroatoms. The van der Waals surface area contributed by atoms with Crippen LogP contribution in [0.4, 0.5) is 0 Å². The number of amides is 1. The van der Waals surface area contributed by atoms with Crippen LogP contribution in [0.3, 0.4) is 0 Å². The van der Waals surface area contributed by atoms with Gasteiger partial charge < -0.3 is 4.90 Å². The summed E-state index contributed by atoms with van der Waals surface area (Å²) in [7, 11) is 2.02. The van der Waals surface area contributed by atoms with E-state index in [1.807, 2.05) is 89.7 Å². The molecule has 0 spiro atoms. The van der Waals surface area contributed by atoms with Gasteiger partial charge in [-0.25, -0.2) is 4.68 Å². The second-order valence-corrected chi connectivity index (χ2v) is 7.39. The lowest BCUT2D eigenvalue weighted by atomic mass is 10.0. The van der Waals surface area contributed by atoms with Crippen molar-refractivity contribution in [3.8, 4) is 5.69 Å². The number of likely N-dealkylation sites (N-methyl/N-ethyl adjacent to an activating group) is 1. The van der Waals surface area contributed by atoms with Crippen molar-refractivity contribution >= 4 is 5.91 Å². The summed E-state index contributed by atoms with van der Waals surface area (Å²) in [5.41, 5.74) is 3.16. The van der Waals surface area contributed by atoms with Gasteiger partial charge in [0.05, 0.1) is 11.9 Å². The highest BCUT2D eigenvalue weighted by atomic mass is 16.2. The Bertz CT molecular complexity index is 901. The molecule has 0 aliphatic carbocycles. The molecule has 0 radical (unpaired) electrons. The molecule has 1 aromatic heterocycles. The molecule has 4 rings (SSSR count). The highest BCUT2D eigenvalue weighted by molar-refractivity contribution is 5.83. The van der Waals surface area contributed by atoms with Crippen LogP contribution >= 0.6 is 0 Å². The van der Waals surface area contributed by atoms with Crippen molar-refractivity contribution in [1.82, 2.24) is 19.6 Å². The Morgan fingerprint density at radius 3 is 2.36 bits per heavy atom. The molecule has 2 heterocycles. The molecule has 1 aliphatic rings. The molecule has 144 valence electrons. The minimum absolute atomic E-state index is 0.196. The second kappa shape index (κ2) is 8.40. The van der Waals surface area contributed by atoms with Gasteiger partial charge in [0.2, 0.25) is 5.91 Å². The number of hydrogen-bond donors (Lipinski definition) is 0. The first-order valence-corrected chi connectivity index (χ1v) is 9.85. The summed E-state index contributed by atoms with van der Waals surface area (Å²) < 4.78 is 1.88. The summed E-state index contributed by atoms with van der Waals surface area (Å²) in [6, 6.07) is 19.9. The van der Waals surface area contributed by atoms with Crippen LogP contribution in [-0.2, 0) is 11.3 Å². The molecule has 5 nitrogen and oxygen atoms in total. The maximum atomic E-state index is 13.3. The topological polar surface area (TPSA) is 41.4 Å². The molecule has 1 aliphatic heterocycles. The van der Waals surface area contributed by atoms with E-state index in [4.69, 9.17) is 0 Å². The Morgan fingerprint density at radius 1 is 1.04 bits per heavy atom. The molecule has 1 amide bonds. The molecule has 3 aromatic rings. The molecule has 1 fully saturated rings. The van der Waals surface area contributed by atoms with Crippen LogP contribution in [0.15, 0.2) is 73.1 Å². The van der Waals surface area contributed by atoms with Crippen LogP contribution in [0.5, 0.6) is 0 Å². The van der Waals surface area contributed by atoms with E-state index < -0.39 is 0 Å². The molecule has 0 N–H and O–H groups in total. The number of likely N-dealkylation sites (tertiary alicyclic amines) is 1. The smallest absolute Gasteiger partial charge is 0.244 e. The standard InChI is InChI=1S/C23H26N4O/c1-25(17-19-16-24-27(18-19)21-12-6-3-7-13-21)22(20-10-4-2-5-11-20)23(28)26-14-8-9-15-26/h2-7,10-13,16,18,22H,8-9,14-15,17H2,1H3. The zero-order chi connectivity index (χ0) is 19.3. The molecule has 1 unspecified atom stereocenters. The molecule has 1 saturated heterocycles. The fourth-order valence-corrected chi connectivity index (χ4v) is 3.87. The quantitative estimate of drug-likeness (QED) is 0.661. The van der Waals surface area contributed by atoms with Crippen LogP contribution in [0.25, 0.3) is 5.69 Å². The van der Waals surface area contributed by atoms with Crippen LogP contribution in [0.1, 0.15) is 30.0 Å². The number of hydrogen-bond acceptors (Lipinski definition) is 3. The first kappa shape index (κ1) is 18.4. The Kier molecular flexibility index (Phi) is 5.53. The molecular weight excluding hydrogens is 348 g/mol. The number of nitrogens with zero attached hydrogens (tertiary/aromatic N) is 4. The highest BCUT2D eigenvalue weighted by Crippen LogP contribution is 2.25. The molecule has 1 atom stereocenters. The second-order valence-electron chi connectivity index (χ2n) is 7.39. The third kappa shape index (κ3) is 3.99. The number of rotatable bonds is 6. The third-order valence-corrected chi connectivity index (χ3v) is 5.30. The van der Waals surface area contributed by atoms with E-state index in [0.29, 0.717) is 6.54 Å². The predicted molar refractivity (Wildman–Crippen MR) is 110 cm³/mol. The van der Waals surface area contributed by atoms with Gasteiger partial charge in [-0.2, -0.15) is 5.10 Å². The Labute approximate surface area is 166 Å². The lowest BCUT2D eigenvalue weighted by Crippen LogP contribution is -2.40. The average molecular weight is 374 g/mol. The summed E-state index contributed by atoms with van der Waals surface area (Å²) in [5, 5.41) is 4.49. The van der Waals surface area contributed by atoms with E-state index in [2.05, 4.69) is 10.00 Å². The fourth-order valence-electron chi connectivity index (χ4n) is 3.87. The molecular formula is C23H26N4O. The summed E-state index contributed by atoms with van der Waals surface area (Å²) in [5.74, 6) is 0.196. The molecule has 0 saturated carbocycles. The third-order valence-electron chi connectivity index (χ3n) is 5.30. The van der Waals surface area contributed by atoms with E-state index >= 15 is 0 Å². The predicted octanol–water partition coefficient (Wildman–Crippen LogP) is 3.67. The zero-order valence-electron chi connectivity index (χ0n) is 16.2. The fraction of sp³-hybridized carbons (Fsp3) is 0.304. The largest absolute Gasteiger partial charge is 0.341 e. The average Bonchev–Trinajstić information content (AvgIpc) is 3.42. The van der Waals surface area contributed by atoms with Gasteiger partial charge in [-0.3, -0.25) is 9.69 Å². The van der Waals surface area contributed by atoms with E-state index in [9.17, 15) is 4.79 Å². The Hall–Kier alpha value is -2.92. The maximum absolute atomic E-state index is 13.3. The van der Waals surface area contributed by atoms with Crippen LogP contribution in [-0.4, -0.2) is 45.6 Å². The van der Waals surface area contributed by atoms with Crippen molar-refractivity contribution in [3.05, 3.63) is 84.2 Å². The summed E-state index contributed by atoms with van der Waals surface area (Å²) in [6.07, 6.45) is 6.11. The van der Waals surface area contributed by atoms with Gasteiger partial charge in [-0.15, -0.1) is 0 Å². The zero-order valence-corrected chi connectivity index (χ0v) is 16.2. The number of benzene rings is 2. The summed E-state index contributed by atoms with van der Waals surface area (Å²) in [6.45, 7) is 2.38. The van der Waals surface area contributed by atoms with Crippen molar-refractivity contribution in [2.75, 3.05) is 20.1 Å². The SMILES string of the molecule is CN(Cc1cnn(-c2ccccc2)c1)C(C(=O)N1CCCC1)c1ccccc1. The van der Waals surface area contributed by atoms with E-state index in [0.717, 1.165) is 42.7 Å². The van der Waals surface area contributed by atoms with Gasteiger partial charge >= 0.3 is 0 Å². The van der Waals surface area contributed by atoms with E-state index in [-0.39, 0.29) is 11.9 Å². The first-order valence-electron chi connectivity index (χ1n) is 9.85. The lowest BCUT2D eigenvalue weighted by molar-refractivity contribution is -0.136. The van der Waals surface area contributed by atoms with Gasteiger partial charge in [0, 0.05) is 31.4 Å². The van der Waals surface area contributed by atoms with Crippen molar-refractivity contribution < 1.29 is 4.79 Å². The van der Waals surface area contributed by atoms with Crippen LogP contribution < -0.4 is 0 Å². The number of carbonyl (C=O) groups is 1. The number of aromatic nitrogens is 2. The highest BCUT2D eigenvalue weighted by Gasteiger charge is 2.30. The molecule has 28 heavy (non-hydrogen) atoms. The van der Waals surface area contributed by atoms with Gasteiger partial charge in [-0.1, -0.05) is 48.5 Å². The van der Waals surface area contributed by atoms with E-state index in [1.54, 1.807) is 0 Å². The minimum atomic E-state index is -0.278. The lowest BCUT2D eigenvalue weighted by Gasteiger charge is -2.30. The first-order chi connectivity index (χ1) is 13.7. The van der Waals surface area contributed by atoms with E-state index in [1.165, 1.54) is 0 Å². The van der Waals surface area contributed by atoms with Gasteiger partial charge in [0.1, 0.15) is 6.04 Å². The van der Waals surface area contributed by atoms with Gasteiger partial charge in [0.25, 0.3) is 0 Å². The Morgan fingerprint density at radius 2 is 1.68 bits per heavy atom. The molecule has 0 bridgehead atoms. The summed E-state index contributed by atoms with van der Waals surface area (Å²) >= 11 is 0. The van der Waals surface area contributed by atoms with Crippen LogP contribution in [0.2, 0.25) is 0 Å². The van der Waals surface area contributed by atoms with Crippen molar-refractivity contribution in [2.24, 2.45) is 0 Å². The normalized spacial score (nSPS) is 15.1. The van der Waals surface area contributed by atoms with Gasteiger partial charge in [0.15, 0.2) is 0 Å². The van der Waals surface area contributed by atoms with Crippen molar-refractivity contribution in [3.63, 3.8) is 0 Å². The monoisotopic (exact) mass is 374 g/mol. The summed E-state index contributed by atoms with van der Waals surface area (Å²) in [4.78, 5) is 17.4. The number of para-hydroxylation sites is 1.